The van der Waals surface area contributed by atoms with Gasteiger partial charge in [-0.05, 0) is 43.4 Å². The van der Waals surface area contributed by atoms with Crippen LogP contribution < -0.4 is 0 Å². The fraction of sp³-hybridized carbons (Fsp3) is 0.533. The number of likely N-dealkylation sites (tertiary alicyclic amines) is 1. The lowest BCUT2D eigenvalue weighted by Crippen LogP contribution is -2.32. The molecule has 0 aromatic heterocycles. The Labute approximate surface area is 130 Å². The predicted molar refractivity (Wildman–Crippen MR) is 83.0 cm³/mol. The van der Waals surface area contributed by atoms with Crippen LogP contribution in [0, 0.1) is 5.92 Å². The minimum absolute atomic E-state index is 0.0312. The molecule has 1 atom stereocenters. The van der Waals surface area contributed by atoms with Gasteiger partial charge in [-0.25, -0.2) is 8.42 Å². The van der Waals surface area contributed by atoms with Crippen molar-refractivity contribution in [2.24, 2.45) is 5.92 Å². The van der Waals surface area contributed by atoms with E-state index in [9.17, 15) is 13.2 Å². The first kappa shape index (κ1) is 16.3. The maximum Gasteiger partial charge on any atom is 0.261 e. The van der Waals surface area contributed by atoms with Crippen LogP contribution in [-0.4, -0.2) is 32.3 Å². The average Bonchev–Trinajstić information content (AvgIpc) is 2.71. The third-order valence-electron chi connectivity index (χ3n) is 4.07. The van der Waals surface area contributed by atoms with Gasteiger partial charge in [0, 0.05) is 29.3 Å². The van der Waals surface area contributed by atoms with Crippen molar-refractivity contribution in [3.05, 3.63) is 29.8 Å². The molecule has 6 heteroatoms. The molecule has 1 saturated heterocycles. The van der Waals surface area contributed by atoms with Gasteiger partial charge in [0.25, 0.3) is 15.0 Å². The molecule has 0 saturated carbocycles. The summed E-state index contributed by atoms with van der Waals surface area (Å²) in [5.74, 6) is 0.561. The fourth-order valence-corrected chi connectivity index (χ4v) is 3.54. The number of hydrogen-bond donors (Lipinski definition) is 0. The normalized spacial score (nSPS) is 20.1. The molecule has 116 valence electrons. The topological polar surface area (TPSA) is 54.5 Å². The van der Waals surface area contributed by atoms with Crippen LogP contribution in [0.2, 0.25) is 0 Å². The number of amides is 1. The molecule has 1 fully saturated rings. The molecule has 1 aliphatic rings. The van der Waals surface area contributed by atoms with Crippen LogP contribution in [0.25, 0.3) is 0 Å². The summed E-state index contributed by atoms with van der Waals surface area (Å²) in [6.45, 7) is 3.64. The summed E-state index contributed by atoms with van der Waals surface area (Å²) in [5.41, 5.74) is 0.381. The van der Waals surface area contributed by atoms with E-state index in [1.54, 1.807) is 12.1 Å². The van der Waals surface area contributed by atoms with Crippen LogP contribution in [0.3, 0.4) is 0 Å². The molecule has 1 aromatic rings. The van der Waals surface area contributed by atoms with Crippen molar-refractivity contribution in [3.8, 4) is 0 Å². The van der Waals surface area contributed by atoms with E-state index < -0.39 is 9.05 Å². The monoisotopic (exact) mass is 329 g/mol. The second kappa shape index (κ2) is 6.79. The highest BCUT2D eigenvalue weighted by Crippen LogP contribution is 2.22. The van der Waals surface area contributed by atoms with Gasteiger partial charge in [0.05, 0.1) is 4.90 Å². The van der Waals surface area contributed by atoms with Gasteiger partial charge >= 0.3 is 0 Å². The van der Waals surface area contributed by atoms with Gasteiger partial charge in [0.15, 0.2) is 0 Å². The van der Waals surface area contributed by atoms with Crippen molar-refractivity contribution in [2.45, 2.75) is 37.5 Å². The van der Waals surface area contributed by atoms with E-state index in [0.717, 1.165) is 38.8 Å². The third kappa shape index (κ3) is 4.20. The van der Waals surface area contributed by atoms with Crippen molar-refractivity contribution in [3.63, 3.8) is 0 Å². The second-order valence-corrected chi connectivity index (χ2v) is 8.03. The lowest BCUT2D eigenvalue weighted by Gasteiger charge is -2.20. The van der Waals surface area contributed by atoms with Crippen LogP contribution in [-0.2, 0) is 9.05 Å². The highest BCUT2D eigenvalue weighted by molar-refractivity contribution is 8.13. The van der Waals surface area contributed by atoms with Crippen LogP contribution in [0.1, 0.15) is 43.0 Å². The van der Waals surface area contributed by atoms with E-state index in [2.05, 4.69) is 6.92 Å². The number of carbonyl (C=O) groups excluding carboxylic acids is 1. The minimum Gasteiger partial charge on any atom is -0.339 e. The Bertz CT molecular complexity index is 615. The molecule has 0 radical (unpaired) electrons. The zero-order valence-electron chi connectivity index (χ0n) is 12.1. The van der Waals surface area contributed by atoms with Crippen LogP contribution in [0.15, 0.2) is 29.2 Å². The summed E-state index contributed by atoms with van der Waals surface area (Å²) < 4.78 is 22.7. The zero-order chi connectivity index (χ0) is 15.5. The van der Waals surface area contributed by atoms with Gasteiger partial charge in [0.1, 0.15) is 0 Å². The molecule has 1 unspecified atom stereocenters. The minimum atomic E-state index is -3.81. The fourth-order valence-electron chi connectivity index (χ4n) is 2.74. The Hall–Kier alpha value is -1.07. The highest BCUT2D eigenvalue weighted by Gasteiger charge is 2.22. The van der Waals surface area contributed by atoms with Crippen molar-refractivity contribution in [1.82, 2.24) is 4.90 Å². The van der Waals surface area contributed by atoms with Gasteiger partial charge in [-0.2, -0.15) is 0 Å². The van der Waals surface area contributed by atoms with Crippen molar-refractivity contribution >= 4 is 25.6 Å². The molecule has 1 aromatic carbocycles. The number of benzene rings is 1. The predicted octanol–water partition coefficient (Wildman–Crippen LogP) is 3.27. The summed E-state index contributed by atoms with van der Waals surface area (Å²) in [7, 11) is 1.52. The Morgan fingerprint density at radius 1 is 1.33 bits per heavy atom. The number of hydrogen-bond acceptors (Lipinski definition) is 3. The number of halogens is 1. The van der Waals surface area contributed by atoms with E-state index >= 15 is 0 Å². The zero-order valence-corrected chi connectivity index (χ0v) is 13.7. The first-order valence-corrected chi connectivity index (χ1v) is 9.56. The Morgan fingerprint density at radius 2 is 2.10 bits per heavy atom. The Morgan fingerprint density at radius 3 is 2.76 bits per heavy atom. The summed E-state index contributed by atoms with van der Waals surface area (Å²) >= 11 is 0. The van der Waals surface area contributed by atoms with Crippen LogP contribution in [0.4, 0.5) is 0 Å². The van der Waals surface area contributed by atoms with E-state index in [-0.39, 0.29) is 10.8 Å². The largest absolute Gasteiger partial charge is 0.339 e. The smallest absolute Gasteiger partial charge is 0.261 e. The third-order valence-corrected chi connectivity index (χ3v) is 5.43. The second-order valence-electron chi connectivity index (χ2n) is 5.46. The van der Waals surface area contributed by atoms with Gasteiger partial charge in [0.2, 0.25) is 0 Å². The van der Waals surface area contributed by atoms with Gasteiger partial charge in [-0.15, -0.1) is 0 Å². The number of carbonyl (C=O) groups is 1. The molecule has 0 aliphatic carbocycles. The first-order valence-electron chi connectivity index (χ1n) is 7.26. The van der Waals surface area contributed by atoms with Gasteiger partial charge in [-0.3, -0.25) is 4.79 Å². The molecule has 2 rings (SSSR count). The number of rotatable bonds is 3. The maximum absolute atomic E-state index is 12.5. The standard InChI is InChI=1S/C15H20ClNO3S/c1-2-12-5-4-9-17(10-8-12)15(18)13-6-3-7-14(11-13)21(16,19)20/h3,6-7,11-12H,2,4-5,8-10H2,1H3. The van der Waals surface area contributed by atoms with E-state index in [1.165, 1.54) is 12.1 Å². The van der Waals surface area contributed by atoms with E-state index in [1.807, 2.05) is 4.90 Å². The van der Waals surface area contributed by atoms with E-state index in [0.29, 0.717) is 11.5 Å². The quantitative estimate of drug-likeness (QED) is 0.800. The molecular formula is C15H20ClNO3S. The summed E-state index contributed by atoms with van der Waals surface area (Å²) in [4.78, 5) is 14.3. The molecule has 1 heterocycles. The van der Waals surface area contributed by atoms with Gasteiger partial charge < -0.3 is 4.90 Å². The van der Waals surface area contributed by atoms with Crippen LogP contribution in [0.5, 0.6) is 0 Å². The van der Waals surface area contributed by atoms with E-state index in [4.69, 9.17) is 10.7 Å². The first-order chi connectivity index (χ1) is 9.91. The Balaban J connectivity index is 2.16. The molecule has 4 nitrogen and oxygen atoms in total. The summed E-state index contributed by atoms with van der Waals surface area (Å²) in [5, 5.41) is 0. The Kier molecular flexibility index (Phi) is 5.27. The molecule has 21 heavy (non-hydrogen) atoms. The molecule has 1 amide bonds. The summed E-state index contributed by atoms with van der Waals surface area (Å²) in [6.07, 6.45) is 4.30. The van der Waals surface area contributed by atoms with Crippen molar-refractivity contribution < 1.29 is 13.2 Å². The molecular weight excluding hydrogens is 310 g/mol. The SMILES string of the molecule is CCC1CCCN(C(=O)c2cccc(S(=O)(=O)Cl)c2)CC1. The molecule has 0 N–H and O–H groups in total. The van der Waals surface area contributed by atoms with Crippen LogP contribution >= 0.6 is 10.7 Å². The highest BCUT2D eigenvalue weighted by atomic mass is 35.7. The van der Waals surface area contributed by atoms with Crippen molar-refractivity contribution in [2.75, 3.05) is 13.1 Å². The lowest BCUT2D eigenvalue weighted by atomic mass is 9.98. The molecule has 0 bridgehead atoms. The number of nitrogens with zero attached hydrogens (tertiary/aromatic N) is 1. The lowest BCUT2D eigenvalue weighted by molar-refractivity contribution is 0.0759. The molecule has 0 spiro atoms. The van der Waals surface area contributed by atoms with Gasteiger partial charge in [-0.1, -0.05) is 19.4 Å². The molecule has 1 aliphatic heterocycles. The maximum atomic E-state index is 12.5. The average molecular weight is 330 g/mol. The van der Waals surface area contributed by atoms with Crippen molar-refractivity contribution in [1.29, 1.82) is 0 Å². The summed E-state index contributed by atoms with van der Waals surface area (Å²) in [6, 6.07) is 5.94.